The fraction of sp³-hybridized carbons (Fsp3) is 0.333. The molecule has 1 saturated carbocycles. The van der Waals surface area contributed by atoms with Gasteiger partial charge in [0.15, 0.2) is 0 Å². The Hall–Kier alpha value is -4.18. The van der Waals surface area contributed by atoms with Crippen LogP contribution in [0.4, 0.5) is 20.4 Å². The Kier molecular flexibility index (Phi) is 7.02. The molecular formula is C30H30F2N6O2. The maximum Gasteiger partial charge on any atom is 0.249 e. The van der Waals surface area contributed by atoms with E-state index in [-0.39, 0.29) is 6.04 Å². The van der Waals surface area contributed by atoms with Gasteiger partial charge < -0.3 is 20.7 Å². The number of halogens is 2. The van der Waals surface area contributed by atoms with Gasteiger partial charge in [-0.1, -0.05) is 24.3 Å². The lowest BCUT2D eigenvalue weighted by Gasteiger charge is -2.33. The first-order chi connectivity index (χ1) is 19.4. The third-order valence-electron chi connectivity index (χ3n) is 7.46. The summed E-state index contributed by atoms with van der Waals surface area (Å²) in [6.45, 7) is 3.82. The highest BCUT2D eigenvalue weighted by Gasteiger charge is 2.48. The van der Waals surface area contributed by atoms with Crippen molar-refractivity contribution in [3.63, 3.8) is 0 Å². The molecule has 8 nitrogen and oxygen atoms in total. The molecule has 0 radical (unpaired) electrons. The smallest absolute Gasteiger partial charge is 0.249 e. The van der Waals surface area contributed by atoms with Crippen molar-refractivity contribution in [2.75, 3.05) is 23.7 Å². The average molecular weight is 545 g/mol. The van der Waals surface area contributed by atoms with E-state index in [0.717, 1.165) is 42.3 Å². The van der Waals surface area contributed by atoms with Gasteiger partial charge in [-0.05, 0) is 56.1 Å². The lowest BCUT2D eigenvalue weighted by molar-refractivity contribution is -0.145. The highest BCUT2D eigenvalue weighted by molar-refractivity contribution is 6.05. The van der Waals surface area contributed by atoms with Gasteiger partial charge in [-0.25, -0.2) is 23.7 Å². The summed E-state index contributed by atoms with van der Waals surface area (Å²) in [7, 11) is 0. The van der Waals surface area contributed by atoms with Gasteiger partial charge in [0.05, 0.1) is 11.3 Å². The van der Waals surface area contributed by atoms with E-state index in [0.29, 0.717) is 34.5 Å². The maximum absolute atomic E-state index is 13.3. The number of piperidine rings is 1. The number of fused-ring (bicyclic) bond motifs is 1. The van der Waals surface area contributed by atoms with Gasteiger partial charge in [-0.2, -0.15) is 0 Å². The molecular weight excluding hydrogens is 514 g/mol. The highest BCUT2D eigenvalue weighted by atomic mass is 19.3. The van der Waals surface area contributed by atoms with Gasteiger partial charge in [0.1, 0.15) is 5.75 Å². The Balaban J connectivity index is 1.29. The number of hydrogen-bond acceptors (Lipinski definition) is 7. The Labute approximate surface area is 230 Å². The summed E-state index contributed by atoms with van der Waals surface area (Å²) < 4.78 is 33.1. The minimum absolute atomic E-state index is 0.266. The topological polar surface area (TPSA) is 101 Å². The molecule has 1 unspecified atom stereocenters. The second-order valence-electron chi connectivity index (χ2n) is 10.5. The van der Waals surface area contributed by atoms with Crippen molar-refractivity contribution in [3.05, 3.63) is 66.5 Å². The number of benzene rings is 2. The lowest BCUT2D eigenvalue weighted by atomic mass is 9.80. The molecule has 0 spiro atoms. The van der Waals surface area contributed by atoms with Crippen molar-refractivity contribution in [2.45, 2.75) is 44.6 Å². The Morgan fingerprint density at radius 2 is 1.93 bits per heavy atom. The van der Waals surface area contributed by atoms with Crippen molar-refractivity contribution in [1.29, 1.82) is 0 Å². The Bertz CT molecular complexity index is 1550. The molecule has 3 heterocycles. The molecule has 2 aromatic heterocycles. The molecule has 1 amide bonds. The maximum atomic E-state index is 13.3. The van der Waals surface area contributed by atoms with Crippen LogP contribution in [0.1, 0.15) is 31.2 Å². The first kappa shape index (κ1) is 26.1. The van der Waals surface area contributed by atoms with Crippen LogP contribution < -0.4 is 20.7 Å². The molecule has 206 valence electrons. The number of nitrogens with one attached hydrogen (secondary N) is 3. The Morgan fingerprint density at radius 1 is 1.05 bits per heavy atom. The summed E-state index contributed by atoms with van der Waals surface area (Å²) in [5.41, 5.74) is 2.81. The molecule has 1 atom stereocenters. The van der Waals surface area contributed by atoms with Gasteiger partial charge >= 0.3 is 0 Å². The van der Waals surface area contributed by atoms with Crippen LogP contribution >= 0.6 is 0 Å². The van der Waals surface area contributed by atoms with Crippen LogP contribution in [0, 0.1) is 12.8 Å². The number of pyridine rings is 1. The number of alkyl halides is 2. The summed E-state index contributed by atoms with van der Waals surface area (Å²) >= 11 is 0. The molecule has 6 rings (SSSR count). The van der Waals surface area contributed by atoms with Crippen molar-refractivity contribution < 1.29 is 18.3 Å². The van der Waals surface area contributed by atoms with Gasteiger partial charge in [0.2, 0.25) is 23.7 Å². The van der Waals surface area contributed by atoms with Crippen LogP contribution in [0.2, 0.25) is 0 Å². The zero-order chi connectivity index (χ0) is 27.7. The van der Waals surface area contributed by atoms with Gasteiger partial charge in [-0.15, -0.1) is 0 Å². The van der Waals surface area contributed by atoms with E-state index in [4.69, 9.17) is 9.72 Å². The zero-order valence-corrected chi connectivity index (χ0v) is 22.1. The van der Waals surface area contributed by atoms with Crippen molar-refractivity contribution in [3.8, 4) is 22.9 Å². The van der Waals surface area contributed by atoms with E-state index in [9.17, 15) is 13.6 Å². The molecule has 3 N–H and O–H groups in total. The van der Waals surface area contributed by atoms with Crippen LogP contribution in [0.5, 0.6) is 11.6 Å². The molecule has 40 heavy (non-hydrogen) atoms. The summed E-state index contributed by atoms with van der Waals surface area (Å²) in [5.74, 6) is -2.33. The SMILES string of the molecule is Cc1ccc2c(NC(=O)C3CC(F)(F)C3)cccc2c1Oc1ncccc1-c1ccnc(NC2CCCNC2)n1. The number of carbonyl (C=O) groups excluding carboxylic acids is 1. The standard InChI is InChI=1S/C30H30F2N6O2/c1-18-9-10-21-22(6-2-8-24(21)37-27(39)19-15-30(31,32)16-19)26(18)40-28-23(7-4-13-34-28)25-11-14-35-29(38-25)36-20-5-3-12-33-17-20/h2,4,6-11,13-14,19-20,33H,3,5,12,15-17H2,1H3,(H,37,39)(H,35,36,38). The van der Waals surface area contributed by atoms with Crippen molar-refractivity contribution >= 4 is 28.3 Å². The van der Waals surface area contributed by atoms with Crippen LogP contribution in [0.25, 0.3) is 22.0 Å². The molecule has 2 fully saturated rings. The molecule has 10 heteroatoms. The third kappa shape index (κ3) is 5.44. The minimum atomic E-state index is -2.76. The fourth-order valence-corrected chi connectivity index (χ4v) is 5.26. The number of rotatable bonds is 7. The summed E-state index contributed by atoms with van der Waals surface area (Å²) in [4.78, 5) is 26.3. The van der Waals surface area contributed by atoms with E-state index >= 15 is 0 Å². The third-order valence-corrected chi connectivity index (χ3v) is 7.46. The second-order valence-corrected chi connectivity index (χ2v) is 10.5. The van der Waals surface area contributed by atoms with Crippen molar-refractivity contribution in [2.24, 2.45) is 5.92 Å². The number of anilines is 2. The predicted octanol–water partition coefficient (Wildman–Crippen LogP) is 5.94. The van der Waals surface area contributed by atoms with E-state index in [1.807, 2.05) is 43.3 Å². The molecule has 2 aliphatic rings. The fourth-order valence-electron chi connectivity index (χ4n) is 5.26. The lowest BCUT2D eigenvalue weighted by Crippen LogP contribution is -2.42. The normalized spacial score (nSPS) is 18.6. The average Bonchev–Trinajstić information content (AvgIpc) is 2.94. The Morgan fingerprint density at radius 3 is 2.73 bits per heavy atom. The number of ether oxygens (including phenoxy) is 1. The zero-order valence-electron chi connectivity index (χ0n) is 22.1. The number of aryl methyl sites for hydroxylation is 1. The van der Waals surface area contributed by atoms with Gasteiger partial charge in [0.25, 0.3) is 0 Å². The number of nitrogens with zero attached hydrogens (tertiary/aromatic N) is 3. The van der Waals surface area contributed by atoms with E-state index in [1.165, 1.54) is 0 Å². The second kappa shape index (κ2) is 10.8. The van der Waals surface area contributed by atoms with Crippen LogP contribution in [-0.4, -0.2) is 45.9 Å². The predicted molar refractivity (Wildman–Crippen MR) is 150 cm³/mol. The molecule has 1 saturated heterocycles. The van der Waals surface area contributed by atoms with E-state index in [1.54, 1.807) is 24.5 Å². The first-order valence-corrected chi connectivity index (χ1v) is 13.5. The molecule has 2 aromatic carbocycles. The number of aromatic nitrogens is 3. The van der Waals surface area contributed by atoms with Crippen LogP contribution in [0.15, 0.2) is 60.9 Å². The number of hydrogen-bond donors (Lipinski definition) is 3. The minimum Gasteiger partial charge on any atom is -0.437 e. The van der Waals surface area contributed by atoms with Gasteiger partial charge in [0, 0.05) is 60.2 Å². The summed E-state index contributed by atoms with van der Waals surface area (Å²) in [5, 5.41) is 11.2. The highest BCUT2D eigenvalue weighted by Crippen LogP contribution is 2.43. The largest absolute Gasteiger partial charge is 0.437 e. The first-order valence-electron chi connectivity index (χ1n) is 13.5. The monoisotopic (exact) mass is 544 g/mol. The number of amides is 1. The van der Waals surface area contributed by atoms with Crippen LogP contribution in [-0.2, 0) is 4.79 Å². The molecule has 0 bridgehead atoms. The number of carbonyl (C=O) groups is 1. The van der Waals surface area contributed by atoms with Crippen LogP contribution in [0.3, 0.4) is 0 Å². The van der Waals surface area contributed by atoms with E-state index < -0.39 is 30.6 Å². The molecule has 1 aliphatic carbocycles. The van der Waals surface area contributed by atoms with Crippen molar-refractivity contribution in [1.82, 2.24) is 20.3 Å². The summed E-state index contributed by atoms with van der Waals surface area (Å²) in [6.07, 6.45) is 4.69. The quantitative estimate of drug-likeness (QED) is 0.265. The molecule has 4 aromatic rings. The molecule has 1 aliphatic heterocycles. The summed E-state index contributed by atoms with van der Waals surface area (Å²) in [6, 6.07) is 15.1. The van der Waals surface area contributed by atoms with E-state index in [2.05, 4.69) is 25.9 Å². The van der Waals surface area contributed by atoms with Gasteiger partial charge in [-0.3, -0.25) is 4.79 Å².